The SMILES string of the molecule is Cc1[nH]c(CCO)nc1-c1ccc(Br)s1. The van der Waals surface area contributed by atoms with E-state index in [0.29, 0.717) is 6.42 Å². The van der Waals surface area contributed by atoms with Crippen LogP contribution in [0.25, 0.3) is 10.6 Å². The lowest BCUT2D eigenvalue weighted by molar-refractivity contribution is 0.297. The zero-order valence-electron chi connectivity index (χ0n) is 8.25. The van der Waals surface area contributed by atoms with E-state index in [1.807, 2.05) is 19.1 Å². The van der Waals surface area contributed by atoms with Crippen LogP contribution in [-0.4, -0.2) is 21.7 Å². The van der Waals surface area contributed by atoms with Crippen LogP contribution in [0.1, 0.15) is 11.5 Å². The maximum Gasteiger partial charge on any atom is 0.109 e. The van der Waals surface area contributed by atoms with Crippen LogP contribution in [0.15, 0.2) is 15.9 Å². The Labute approximate surface area is 100 Å². The standard InChI is InChI=1S/C10H11BrN2OS/c1-6-10(7-2-3-8(11)15-7)13-9(12-6)4-5-14/h2-3,14H,4-5H2,1H3,(H,12,13). The lowest BCUT2D eigenvalue weighted by Gasteiger charge is -1.90. The second-order valence-corrected chi connectivity index (χ2v) is 5.70. The molecule has 0 aromatic carbocycles. The average molecular weight is 287 g/mol. The van der Waals surface area contributed by atoms with Crippen LogP contribution in [0.4, 0.5) is 0 Å². The van der Waals surface area contributed by atoms with E-state index in [1.54, 1.807) is 11.3 Å². The number of nitrogens with zero attached hydrogens (tertiary/aromatic N) is 1. The molecule has 2 aromatic heterocycles. The number of hydrogen-bond donors (Lipinski definition) is 2. The molecule has 5 heteroatoms. The molecule has 0 amide bonds. The summed E-state index contributed by atoms with van der Waals surface area (Å²) in [6.07, 6.45) is 0.577. The molecule has 15 heavy (non-hydrogen) atoms. The summed E-state index contributed by atoms with van der Waals surface area (Å²) in [5.41, 5.74) is 2.03. The fourth-order valence-corrected chi connectivity index (χ4v) is 2.86. The lowest BCUT2D eigenvalue weighted by atomic mass is 10.3. The van der Waals surface area contributed by atoms with Crippen LogP contribution >= 0.6 is 27.3 Å². The van der Waals surface area contributed by atoms with Gasteiger partial charge in [-0.25, -0.2) is 4.98 Å². The number of thiophene rings is 1. The summed E-state index contributed by atoms with van der Waals surface area (Å²) < 4.78 is 1.10. The van der Waals surface area contributed by atoms with Gasteiger partial charge < -0.3 is 10.1 Å². The molecule has 0 radical (unpaired) electrons. The Morgan fingerprint density at radius 2 is 2.33 bits per heavy atom. The fraction of sp³-hybridized carbons (Fsp3) is 0.300. The van der Waals surface area contributed by atoms with Crippen molar-refractivity contribution in [2.45, 2.75) is 13.3 Å². The third-order valence-electron chi connectivity index (χ3n) is 2.09. The highest BCUT2D eigenvalue weighted by atomic mass is 79.9. The lowest BCUT2D eigenvalue weighted by Crippen LogP contribution is -1.92. The largest absolute Gasteiger partial charge is 0.396 e. The number of nitrogens with one attached hydrogen (secondary N) is 1. The summed E-state index contributed by atoms with van der Waals surface area (Å²) in [4.78, 5) is 8.77. The number of halogens is 1. The van der Waals surface area contributed by atoms with Gasteiger partial charge in [0.2, 0.25) is 0 Å². The molecule has 0 aliphatic heterocycles. The van der Waals surface area contributed by atoms with E-state index < -0.39 is 0 Å². The normalized spacial score (nSPS) is 10.9. The Morgan fingerprint density at radius 3 is 2.93 bits per heavy atom. The Morgan fingerprint density at radius 1 is 1.53 bits per heavy atom. The van der Waals surface area contributed by atoms with Gasteiger partial charge >= 0.3 is 0 Å². The number of aromatic nitrogens is 2. The van der Waals surface area contributed by atoms with Crippen LogP contribution in [0.3, 0.4) is 0 Å². The number of aryl methyl sites for hydroxylation is 1. The van der Waals surface area contributed by atoms with Gasteiger partial charge in [0.25, 0.3) is 0 Å². The van der Waals surface area contributed by atoms with Crippen LogP contribution in [-0.2, 0) is 6.42 Å². The quantitative estimate of drug-likeness (QED) is 0.912. The number of imidazole rings is 1. The second kappa shape index (κ2) is 4.47. The third kappa shape index (κ3) is 2.30. The van der Waals surface area contributed by atoms with Gasteiger partial charge in [-0.05, 0) is 35.0 Å². The molecule has 2 rings (SSSR count). The van der Waals surface area contributed by atoms with Crippen molar-refractivity contribution >= 4 is 27.3 Å². The Kier molecular flexibility index (Phi) is 3.23. The molecule has 2 heterocycles. The van der Waals surface area contributed by atoms with Crippen molar-refractivity contribution in [3.8, 4) is 10.6 Å². The molecule has 0 atom stereocenters. The van der Waals surface area contributed by atoms with Crippen molar-refractivity contribution in [2.24, 2.45) is 0 Å². The Hall–Kier alpha value is -0.650. The first kappa shape index (κ1) is 10.9. The van der Waals surface area contributed by atoms with Crippen molar-refractivity contribution < 1.29 is 5.11 Å². The highest BCUT2D eigenvalue weighted by Crippen LogP contribution is 2.31. The van der Waals surface area contributed by atoms with Gasteiger partial charge in [0.05, 0.1) is 15.3 Å². The average Bonchev–Trinajstić information content (AvgIpc) is 2.73. The fourth-order valence-electron chi connectivity index (χ4n) is 1.43. The predicted octanol–water partition coefficient (Wildman–Crippen LogP) is 2.74. The summed E-state index contributed by atoms with van der Waals surface area (Å²) in [7, 11) is 0. The summed E-state index contributed by atoms with van der Waals surface area (Å²) in [5, 5.41) is 8.83. The summed E-state index contributed by atoms with van der Waals surface area (Å²) >= 11 is 5.09. The zero-order chi connectivity index (χ0) is 10.8. The van der Waals surface area contributed by atoms with E-state index in [0.717, 1.165) is 25.9 Å². The molecule has 0 aliphatic carbocycles. The number of aromatic amines is 1. The molecular formula is C10H11BrN2OS. The first-order valence-corrected chi connectivity index (χ1v) is 6.23. The van der Waals surface area contributed by atoms with E-state index in [4.69, 9.17) is 5.11 Å². The maximum atomic E-state index is 8.83. The van der Waals surface area contributed by atoms with Crippen LogP contribution in [0.2, 0.25) is 0 Å². The van der Waals surface area contributed by atoms with Gasteiger partial charge in [-0.15, -0.1) is 11.3 Å². The monoisotopic (exact) mass is 286 g/mol. The minimum Gasteiger partial charge on any atom is -0.396 e. The van der Waals surface area contributed by atoms with Gasteiger partial charge in [-0.3, -0.25) is 0 Å². The summed E-state index contributed by atoms with van der Waals surface area (Å²) in [6, 6.07) is 4.06. The first-order valence-electron chi connectivity index (χ1n) is 4.62. The highest BCUT2D eigenvalue weighted by molar-refractivity contribution is 9.11. The van der Waals surface area contributed by atoms with E-state index in [1.165, 1.54) is 0 Å². The van der Waals surface area contributed by atoms with Gasteiger partial charge in [-0.1, -0.05) is 0 Å². The van der Waals surface area contributed by atoms with Crippen molar-refractivity contribution in [3.05, 3.63) is 27.4 Å². The molecule has 0 saturated heterocycles. The minimum absolute atomic E-state index is 0.126. The number of aliphatic hydroxyl groups excluding tert-OH is 1. The van der Waals surface area contributed by atoms with Crippen LogP contribution < -0.4 is 0 Å². The third-order valence-corrected chi connectivity index (χ3v) is 3.72. The van der Waals surface area contributed by atoms with Gasteiger partial charge in [0, 0.05) is 12.1 Å². The van der Waals surface area contributed by atoms with Crippen molar-refractivity contribution in [3.63, 3.8) is 0 Å². The number of hydrogen-bond acceptors (Lipinski definition) is 3. The molecule has 0 bridgehead atoms. The highest BCUT2D eigenvalue weighted by Gasteiger charge is 2.10. The molecule has 2 N–H and O–H groups in total. The smallest absolute Gasteiger partial charge is 0.109 e. The molecule has 2 aromatic rings. The van der Waals surface area contributed by atoms with Crippen LogP contribution in [0, 0.1) is 6.92 Å². The van der Waals surface area contributed by atoms with E-state index in [9.17, 15) is 0 Å². The van der Waals surface area contributed by atoms with Crippen molar-refractivity contribution in [2.75, 3.05) is 6.61 Å². The molecule has 80 valence electrons. The number of rotatable bonds is 3. The minimum atomic E-state index is 0.126. The molecule has 0 fully saturated rings. The van der Waals surface area contributed by atoms with Gasteiger partial charge in [-0.2, -0.15) is 0 Å². The number of H-pyrrole nitrogens is 1. The van der Waals surface area contributed by atoms with Gasteiger partial charge in [0.15, 0.2) is 0 Å². The molecule has 0 aliphatic rings. The maximum absolute atomic E-state index is 8.83. The summed E-state index contributed by atoms with van der Waals surface area (Å²) in [5.74, 6) is 0.842. The van der Waals surface area contributed by atoms with Gasteiger partial charge in [0.1, 0.15) is 11.5 Å². The predicted molar refractivity (Wildman–Crippen MR) is 65.1 cm³/mol. The first-order chi connectivity index (χ1) is 7.20. The van der Waals surface area contributed by atoms with Crippen LogP contribution in [0.5, 0.6) is 0 Å². The number of aliphatic hydroxyl groups is 1. The second-order valence-electron chi connectivity index (χ2n) is 3.23. The van der Waals surface area contributed by atoms with Crippen molar-refractivity contribution in [1.82, 2.24) is 9.97 Å². The van der Waals surface area contributed by atoms with Crippen molar-refractivity contribution in [1.29, 1.82) is 0 Å². The van der Waals surface area contributed by atoms with E-state index in [2.05, 4.69) is 25.9 Å². The Bertz CT molecular complexity index is 464. The topological polar surface area (TPSA) is 48.9 Å². The van der Waals surface area contributed by atoms with E-state index in [-0.39, 0.29) is 6.61 Å². The molecule has 0 saturated carbocycles. The molecule has 0 spiro atoms. The molecule has 0 unspecified atom stereocenters. The zero-order valence-corrected chi connectivity index (χ0v) is 10.7. The summed E-state index contributed by atoms with van der Waals surface area (Å²) in [6.45, 7) is 2.12. The molecular weight excluding hydrogens is 276 g/mol. The Balaban J connectivity index is 2.35. The van der Waals surface area contributed by atoms with E-state index >= 15 is 0 Å². The molecule has 3 nitrogen and oxygen atoms in total.